The standard InChI is InChI=1S/C14H15N3O6/c1-8-3-4-10(7-11(8)17(21)22)13(19)23-9(2)12(18)16-6-5-15-14(16)20/h3-4,7,9H,5-6H2,1-2H3,(H,15,20)/t9-/m1/s1. The summed E-state index contributed by atoms with van der Waals surface area (Å²) in [4.78, 5) is 46.7. The van der Waals surface area contributed by atoms with Gasteiger partial charge in [-0.15, -0.1) is 0 Å². The summed E-state index contributed by atoms with van der Waals surface area (Å²) in [6.07, 6.45) is -1.17. The Morgan fingerprint density at radius 3 is 2.70 bits per heavy atom. The van der Waals surface area contributed by atoms with Crippen molar-refractivity contribution in [1.82, 2.24) is 10.2 Å². The van der Waals surface area contributed by atoms with Gasteiger partial charge < -0.3 is 10.1 Å². The van der Waals surface area contributed by atoms with Crippen LogP contribution in [-0.2, 0) is 9.53 Å². The van der Waals surface area contributed by atoms with Crippen LogP contribution in [0.2, 0.25) is 0 Å². The molecule has 2 rings (SSSR count). The molecule has 3 amide bonds. The number of aryl methyl sites for hydroxylation is 1. The summed E-state index contributed by atoms with van der Waals surface area (Å²) in [6.45, 7) is 3.44. The predicted octanol–water partition coefficient (Wildman–Crippen LogP) is 1.00. The minimum Gasteiger partial charge on any atom is -0.449 e. The first-order valence-corrected chi connectivity index (χ1v) is 6.86. The first-order chi connectivity index (χ1) is 10.8. The molecule has 122 valence electrons. The first kappa shape index (κ1) is 16.4. The van der Waals surface area contributed by atoms with Crippen LogP contribution in [0, 0.1) is 17.0 Å². The molecule has 0 spiro atoms. The molecule has 1 aliphatic rings. The quantitative estimate of drug-likeness (QED) is 0.502. The number of esters is 1. The van der Waals surface area contributed by atoms with E-state index in [4.69, 9.17) is 4.74 Å². The Labute approximate surface area is 131 Å². The number of carbonyl (C=O) groups excluding carboxylic acids is 3. The van der Waals surface area contributed by atoms with E-state index in [0.717, 1.165) is 11.0 Å². The molecule has 1 fully saturated rings. The topological polar surface area (TPSA) is 119 Å². The molecule has 1 heterocycles. The third-order valence-corrected chi connectivity index (χ3v) is 3.40. The number of imide groups is 1. The van der Waals surface area contributed by atoms with Gasteiger partial charge in [-0.25, -0.2) is 9.59 Å². The van der Waals surface area contributed by atoms with Gasteiger partial charge in [-0.05, 0) is 19.9 Å². The minimum absolute atomic E-state index is 0.0344. The van der Waals surface area contributed by atoms with E-state index in [-0.39, 0.29) is 17.8 Å². The highest BCUT2D eigenvalue weighted by Gasteiger charge is 2.32. The van der Waals surface area contributed by atoms with Gasteiger partial charge in [0.05, 0.1) is 10.5 Å². The van der Waals surface area contributed by atoms with E-state index in [0.29, 0.717) is 12.1 Å². The van der Waals surface area contributed by atoms with Gasteiger partial charge in [0.1, 0.15) is 0 Å². The summed E-state index contributed by atoms with van der Waals surface area (Å²) in [7, 11) is 0. The van der Waals surface area contributed by atoms with Gasteiger partial charge in [0, 0.05) is 24.7 Å². The van der Waals surface area contributed by atoms with Crippen molar-refractivity contribution in [3.63, 3.8) is 0 Å². The maximum Gasteiger partial charge on any atom is 0.339 e. The molecular formula is C14H15N3O6. The van der Waals surface area contributed by atoms with Crippen LogP contribution >= 0.6 is 0 Å². The van der Waals surface area contributed by atoms with E-state index < -0.39 is 28.9 Å². The van der Waals surface area contributed by atoms with Gasteiger partial charge in [0.15, 0.2) is 6.10 Å². The second-order valence-electron chi connectivity index (χ2n) is 5.03. The largest absolute Gasteiger partial charge is 0.449 e. The number of nitro groups is 1. The maximum atomic E-state index is 12.0. The van der Waals surface area contributed by atoms with E-state index in [9.17, 15) is 24.5 Å². The Kier molecular flexibility index (Phi) is 4.58. The third kappa shape index (κ3) is 3.44. The highest BCUT2D eigenvalue weighted by atomic mass is 16.6. The van der Waals surface area contributed by atoms with Gasteiger partial charge in [0.2, 0.25) is 0 Å². The van der Waals surface area contributed by atoms with Gasteiger partial charge in [-0.2, -0.15) is 0 Å². The molecule has 1 saturated heterocycles. The van der Waals surface area contributed by atoms with Gasteiger partial charge in [-0.1, -0.05) is 6.07 Å². The second kappa shape index (κ2) is 6.42. The van der Waals surface area contributed by atoms with Crippen molar-refractivity contribution in [3.8, 4) is 0 Å². The van der Waals surface area contributed by atoms with Crippen LogP contribution in [-0.4, -0.2) is 46.9 Å². The summed E-state index contributed by atoms with van der Waals surface area (Å²) in [6, 6.07) is 3.36. The Morgan fingerprint density at radius 2 is 2.13 bits per heavy atom. The fourth-order valence-corrected chi connectivity index (χ4v) is 2.11. The summed E-state index contributed by atoms with van der Waals surface area (Å²) in [5.41, 5.74) is 0.162. The Bertz CT molecular complexity index is 687. The smallest absolute Gasteiger partial charge is 0.339 e. The fourth-order valence-electron chi connectivity index (χ4n) is 2.11. The van der Waals surface area contributed by atoms with Crippen LogP contribution < -0.4 is 5.32 Å². The number of ether oxygens (including phenoxy) is 1. The van der Waals surface area contributed by atoms with Crippen molar-refractivity contribution in [3.05, 3.63) is 39.4 Å². The number of nitrogens with one attached hydrogen (secondary N) is 1. The number of hydrogen-bond acceptors (Lipinski definition) is 6. The average Bonchev–Trinajstić information content (AvgIpc) is 2.92. The fraction of sp³-hybridized carbons (Fsp3) is 0.357. The molecule has 0 unspecified atom stereocenters. The van der Waals surface area contributed by atoms with E-state index in [1.807, 2.05) is 0 Å². The molecule has 9 nitrogen and oxygen atoms in total. The number of rotatable bonds is 4. The van der Waals surface area contributed by atoms with Crippen LogP contribution in [0.5, 0.6) is 0 Å². The summed E-state index contributed by atoms with van der Waals surface area (Å²) in [5.74, 6) is -1.51. The van der Waals surface area contributed by atoms with Crippen LogP contribution in [0.15, 0.2) is 18.2 Å². The van der Waals surface area contributed by atoms with E-state index >= 15 is 0 Å². The van der Waals surface area contributed by atoms with Crippen molar-refractivity contribution in [2.45, 2.75) is 20.0 Å². The summed E-state index contributed by atoms with van der Waals surface area (Å²) in [5, 5.41) is 13.4. The summed E-state index contributed by atoms with van der Waals surface area (Å²) >= 11 is 0. The summed E-state index contributed by atoms with van der Waals surface area (Å²) < 4.78 is 5.00. The van der Waals surface area contributed by atoms with Crippen molar-refractivity contribution in [2.24, 2.45) is 0 Å². The Morgan fingerprint density at radius 1 is 1.43 bits per heavy atom. The normalized spacial score (nSPS) is 15.0. The van der Waals surface area contributed by atoms with E-state index in [1.165, 1.54) is 19.1 Å². The lowest BCUT2D eigenvalue weighted by Crippen LogP contribution is -2.41. The first-order valence-electron chi connectivity index (χ1n) is 6.86. The molecule has 1 aliphatic heterocycles. The van der Waals surface area contributed by atoms with Gasteiger partial charge >= 0.3 is 12.0 Å². The highest BCUT2D eigenvalue weighted by Crippen LogP contribution is 2.20. The molecule has 0 radical (unpaired) electrons. The Hall–Kier alpha value is -2.97. The molecule has 1 atom stereocenters. The van der Waals surface area contributed by atoms with Crippen molar-refractivity contribution in [1.29, 1.82) is 0 Å². The molecule has 1 aromatic carbocycles. The zero-order chi connectivity index (χ0) is 17.1. The monoisotopic (exact) mass is 321 g/mol. The lowest BCUT2D eigenvalue weighted by atomic mass is 10.1. The molecular weight excluding hydrogens is 306 g/mol. The van der Waals surface area contributed by atoms with Crippen molar-refractivity contribution in [2.75, 3.05) is 13.1 Å². The van der Waals surface area contributed by atoms with E-state index in [2.05, 4.69) is 5.32 Å². The molecule has 0 aliphatic carbocycles. The highest BCUT2D eigenvalue weighted by molar-refractivity contribution is 5.99. The Balaban J connectivity index is 2.09. The molecule has 23 heavy (non-hydrogen) atoms. The minimum atomic E-state index is -1.17. The van der Waals surface area contributed by atoms with Crippen LogP contribution in [0.25, 0.3) is 0 Å². The molecule has 1 aromatic rings. The van der Waals surface area contributed by atoms with Gasteiger partial charge in [0.25, 0.3) is 11.6 Å². The number of amides is 3. The maximum absolute atomic E-state index is 12.0. The van der Waals surface area contributed by atoms with Crippen molar-refractivity contribution < 1.29 is 24.0 Å². The zero-order valence-electron chi connectivity index (χ0n) is 12.6. The molecule has 1 N–H and O–H groups in total. The van der Waals surface area contributed by atoms with Crippen LogP contribution in [0.3, 0.4) is 0 Å². The van der Waals surface area contributed by atoms with Crippen LogP contribution in [0.1, 0.15) is 22.8 Å². The third-order valence-electron chi connectivity index (χ3n) is 3.40. The SMILES string of the molecule is Cc1ccc(C(=O)O[C@H](C)C(=O)N2CCNC2=O)cc1[N+](=O)[O-]. The molecule has 0 aromatic heterocycles. The number of carbonyl (C=O) groups is 3. The zero-order valence-corrected chi connectivity index (χ0v) is 12.6. The number of urea groups is 1. The number of benzene rings is 1. The molecule has 9 heteroatoms. The molecule has 0 bridgehead atoms. The average molecular weight is 321 g/mol. The van der Waals surface area contributed by atoms with E-state index in [1.54, 1.807) is 6.92 Å². The van der Waals surface area contributed by atoms with Crippen molar-refractivity contribution >= 4 is 23.6 Å². The molecule has 0 saturated carbocycles. The lowest BCUT2D eigenvalue weighted by molar-refractivity contribution is -0.385. The number of nitrogens with zero attached hydrogens (tertiary/aromatic N) is 2. The van der Waals surface area contributed by atoms with Crippen LogP contribution in [0.4, 0.5) is 10.5 Å². The number of hydrogen-bond donors (Lipinski definition) is 1. The lowest BCUT2D eigenvalue weighted by Gasteiger charge is -2.18. The predicted molar refractivity (Wildman–Crippen MR) is 77.8 cm³/mol. The number of nitro benzene ring substituents is 1. The van der Waals surface area contributed by atoms with Gasteiger partial charge in [-0.3, -0.25) is 19.8 Å². The second-order valence-corrected chi connectivity index (χ2v) is 5.03.